The van der Waals surface area contributed by atoms with E-state index in [0.29, 0.717) is 23.7 Å². The summed E-state index contributed by atoms with van der Waals surface area (Å²) in [5, 5.41) is 20.8. The van der Waals surface area contributed by atoms with E-state index in [0.717, 1.165) is 18.8 Å². The highest BCUT2D eigenvalue weighted by atomic mass is 16.6. The van der Waals surface area contributed by atoms with E-state index in [1.54, 1.807) is 19.9 Å². The van der Waals surface area contributed by atoms with E-state index < -0.39 is 10.3 Å². The maximum Gasteiger partial charge on any atom is 0.278 e. The molecule has 136 valence electrons. The van der Waals surface area contributed by atoms with Crippen molar-refractivity contribution < 1.29 is 14.4 Å². The third-order valence-electron chi connectivity index (χ3n) is 4.92. The lowest BCUT2D eigenvalue weighted by Gasteiger charge is -2.19. The minimum Gasteiger partial charge on any atom is -0.493 e. The minimum absolute atomic E-state index is 0.113. The predicted octanol–water partition coefficient (Wildman–Crippen LogP) is 4.75. The van der Waals surface area contributed by atoms with Crippen LogP contribution in [0.3, 0.4) is 0 Å². The number of benzene rings is 1. The Morgan fingerprint density at radius 3 is 2.56 bits per heavy atom. The quantitative estimate of drug-likeness (QED) is 0.385. The molecule has 1 aromatic carbocycles. The number of methoxy groups -OCH3 is 1. The van der Waals surface area contributed by atoms with E-state index in [1.165, 1.54) is 38.9 Å². The molecule has 0 amide bonds. The first kappa shape index (κ1) is 19.0. The van der Waals surface area contributed by atoms with Gasteiger partial charge >= 0.3 is 0 Å². The standard InChI is InChI=1S/C19H26N2O4/c1-19(2,13-20)15-11-17(24-3)18(12-16(15)21(22)23)25-10-6-9-14-7-4-5-8-14/h11-12,14H,4-10H2,1-3H3. The molecule has 0 radical (unpaired) electrons. The van der Waals surface area contributed by atoms with Gasteiger partial charge in [0.1, 0.15) is 0 Å². The molecule has 0 bridgehead atoms. The molecule has 1 aromatic rings. The van der Waals surface area contributed by atoms with Gasteiger partial charge in [-0.2, -0.15) is 5.26 Å². The Bertz CT molecular complexity index is 658. The highest BCUT2D eigenvalue weighted by Crippen LogP contribution is 2.40. The summed E-state index contributed by atoms with van der Waals surface area (Å²) in [6, 6.07) is 5.03. The fraction of sp³-hybridized carbons (Fsp3) is 0.632. The first-order valence-corrected chi connectivity index (χ1v) is 8.80. The number of nitrogens with zero attached hydrogens (tertiary/aromatic N) is 2. The van der Waals surface area contributed by atoms with Crippen LogP contribution in [0, 0.1) is 27.4 Å². The lowest BCUT2D eigenvalue weighted by molar-refractivity contribution is -0.386. The molecule has 0 heterocycles. The van der Waals surface area contributed by atoms with Crippen LogP contribution in [-0.4, -0.2) is 18.6 Å². The van der Waals surface area contributed by atoms with Crippen molar-refractivity contribution in [3.8, 4) is 17.6 Å². The Morgan fingerprint density at radius 2 is 2.00 bits per heavy atom. The zero-order chi connectivity index (χ0) is 18.4. The van der Waals surface area contributed by atoms with E-state index in [9.17, 15) is 15.4 Å². The van der Waals surface area contributed by atoms with Gasteiger partial charge in [0.25, 0.3) is 5.69 Å². The van der Waals surface area contributed by atoms with Crippen LogP contribution in [0.4, 0.5) is 5.69 Å². The van der Waals surface area contributed by atoms with Crippen LogP contribution >= 0.6 is 0 Å². The molecule has 0 aromatic heterocycles. The van der Waals surface area contributed by atoms with Gasteiger partial charge in [-0.15, -0.1) is 0 Å². The number of ether oxygens (including phenoxy) is 2. The van der Waals surface area contributed by atoms with E-state index in [4.69, 9.17) is 9.47 Å². The van der Waals surface area contributed by atoms with E-state index in [2.05, 4.69) is 6.07 Å². The second-order valence-electron chi connectivity index (χ2n) is 7.16. The van der Waals surface area contributed by atoms with Crippen molar-refractivity contribution in [2.75, 3.05) is 13.7 Å². The molecule has 1 saturated carbocycles. The predicted molar refractivity (Wildman–Crippen MR) is 95.0 cm³/mol. The van der Waals surface area contributed by atoms with Crippen LogP contribution in [0.15, 0.2) is 12.1 Å². The minimum atomic E-state index is -0.989. The van der Waals surface area contributed by atoms with E-state index in [-0.39, 0.29) is 5.69 Å². The summed E-state index contributed by atoms with van der Waals surface area (Å²) >= 11 is 0. The number of rotatable bonds is 8. The van der Waals surface area contributed by atoms with Gasteiger partial charge in [0, 0.05) is 0 Å². The third-order valence-corrected chi connectivity index (χ3v) is 4.92. The number of nitro benzene ring substituents is 1. The molecule has 0 saturated heterocycles. The molecule has 1 fully saturated rings. The summed E-state index contributed by atoms with van der Waals surface area (Å²) in [7, 11) is 1.50. The van der Waals surface area contributed by atoms with Gasteiger partial charge in [0.05, 0.1) is 41.8 Å². The molecule has 0 spiro atoms. The molecular formula is C19H26N2O4. The fourth-order valence-corrected chi connectivity index (χ4v) is 3.39. The topological polar surface area (TPSA) is 85.4 Å². The first-order valence-electron chi connectivity index (χ1n) is 8.80. The molecule has 1 aliphatic carbocycles. The van der Waals surface area contributed by atoms with Crippen LogP contribution in [-0.2, 0) is 5.41 Å². The summed E-state index contributed by atoms with van der Waals surface area (Å²) in [5.41, 5.74) is -0.773. The van der Waals surface area contributed by atoms with Gasteiger partial charge in [-0.1, -0.05) is 25.7 Å². The first-order chi connectivity index (χ1) is 11.9. The summed E-state index contributed by atoms with van der Waals surface area (Å²) in [4.78, 5) is 11.0. The van der Waals surface area contributed by atoms with Gasteiger partial charge in [0.2, 0.25) is 0 Å². The molecule has 6 nitrogen and oxygen atoms in total. The number of hydrogen-bond donors (Lipinski definition) is 0. The fourth-order valence-electron chi connectivity index (χ4n) is 3.39. The normalized spacial score (nSPS) is 15.0. The maximum atomic E-state index is 11.4. The molecular weight excluding hydrogens is 320 g/mol. The summed E-state index contributed by atoms with van der Waals surface area (Å²) in [5.74, 6) is 1.57. The van der Waals surface area contributed by atoms with E-state index in [1.807, 2.05) is 0 Å². The van der Waals surface area contributed by atoms with Crippen LogP contribution in [0.1, 0.15) is 57.9 Å². The van der Waals surface area contributed by atoms with Gasteiger partial charge < -0.3 is 9.47 Å². The summed E-state index contributed by atoms with van der Waals surface area (Å²) in [6.07, 6.45) is 7.29. The molecule has 6 heteroatoms. The van der Waals surface area contributed by atoms with E-state index >= 15 is 0 Å². The number of nitriles is 1. The largest absolute Gasteiger partial charge is 0.493 e. The van der Waals surface area contributed by atoms with Crippen molar-refractivity contribution in [1.29, 1.82) is 5.26 Å². The second kappa shape index (κ2) is 8.19. The molecule has 2 rings (SSSR count). The molecule has 0 aliphatic heterocycles. The Balaban J connectivity index is 2.15. The zero-order valence-corrected chi connectivity index (χ0v) is 15.2. The van der Waals surface area contributed by atoms with Gasteiger partial charge in [0.15, 0.2) is 11.5 Å². The maximum absolute atomic E-state index is 11.4. The highest BCUT2D eigenvalue weighted by Gasteiger charge is 2.31. The lowest BCUT2D eigenvalue weighted by Crippen LogP contribution is -2.16. The van der Waals surface area contributed by atoms with Crippen molar-refractivity contribution in [1.82, 2.24) is 0 Å². The average Bonchev–Trinajstić information content (AvgIpc) is 3.11. The van der Waals surface area contributed by atoms with Gasteiger partial charge in [-0.25, -0.2) is 0 Å². The zero-order valence-electron chi connectivity index (χ0n) is 15.2. The molecule has 0 atom stereocenters. The van der Waals surface area contributed by atoms with Gasteiger partial charge in [-0.3, -0.25) is 10.1 Å². The van der Waals surface area contributed by atoms with Crippen LogP contribution in [0.2, 0.25) is 0 Å². The van der Waals surface area contributed by atoms with Crippen molar-refractivity contribution in [3.05, 3.63) is 27.8 Å². The van der Waals surface area contributed by atoms with Crippen molar-refractivity contribution in [3.63, 3.8) is 0 Å². The van der Waals surface area contributed by atoms with Crippen LogP contribution < -0.4 is 9.47 Å². The molecule has 0 N–H and O–H groups in total. The number of nitro groups is 1. The van der Waals surface area contributed by atoms with Crippen LogP contribution in [0.25, 0.3) is 0 Å². The Morgan fingerprint density at radius 1 is 1.32 bits per heavy atom. The van der Waals surface area contributed by atoms with Gasteiger partial charge in [-0.05, 0) is 38.7 Å². The SMILES string of the molecule is COc1cc(C(C)(C)C#N)c([N+](=O)[O-])cc1OCCCC1CCCC1. The monoisotopic (exact) mass is 346 g/mol. The Hall–Kier alpha value is -2.29. The molecule has 25 heavy (non-hydrogen) atoms. The Kier molecular flexibility index (Phi) is 6.24. The van der Waals surface area contributed by atoms with Crippen molar-refractivity contribution in [2.24, 2.45) is 5.92 Å². The highest BCUT2D eigenvalue weighted by molar-refractivity contribution is 5.58. The summed E-state index contributed by atoms with van der Waals surface area (Å²) < 4.78 is 11.1. The Labute approximate surface area is 148 Å². The van der Waals surface area contributed by atoms with Crippen molar-refractivity contribution in [2.45, 2.75) is 57.8 Å². The smallest absolute Gasteiger partial charge is 0.278 e. The lowest BCUT2D eigenvalue weighted by atomic mass is 9.85. The molecule has 1 aliphatic rings. The molecule has 0 unspecified atom stereocenters. The number of hydrogen-bond acceptors (Lipinski definition) is 5. The van der Waals surface area contributed by atoms with Crippen LogP contribution in [0.5, 0.6) is 11.5 Å². The van der Waals surface area contributed by atoms with Crippen molar-refractivity contribution >= 4 is 5.69 Å². The average molecular weight is 346 g/mol. The summed E-state index contributed by atoms with van der Waals surface area (Å²) in [6.45, 7) is 3.80. The second-order valence-corrected chi connectivity index (χ2v) is 7.16. The third kappa shape index (κ3) is 4.62.